The van der Waals surface area contributed by atoms with Crippen molar-refractivity contribution < 1.29 is 4.79 Å². The summed E-state index contributed by atoms with van der Waals surface area (Å²) in [5.41, 5.74) is 7.58. The second-order valence-corrected chi connectivity index (χ2v) is 8.35. The van der Waals surface area contributed by atoms with Crippen molar-refractivity contribution in [1.29, 1.82) is 0 Å². The highest BCUT2D eigenvalue weighted by atomic mass is 16.2. The predicted octanol–water partition coefficient (Wildman–Crippen LogP) is 4.70. The van der Waals surface area contributed by atoms with E-state index in [0.29, 0.717) is 12.0 Å². The van der Waals surface area contributed by atoms with E-state index in [2.05, 4.69) is 36.6 Å². The molecule has 0 aromatic rings. The van der Waals surface area contributed by atoms with Crippen LogP contribution in [0.1, 0.15) is 58.3 Å². The third kappa shape index (κ3) is 8.71. The molecule has 0 bridgehead atoms. The number of rotatable bonds is 9. The first-order chi connectivity index (χ1) is 14.0. The average molecular weight is 402 g/mol. The second kappa shape index (κ2) is 14.4. The van der Waals surface area contributed by atoms with Crippen molar-refractivity contribution in [3.63, 3.8) is 0 Å². The summed E-state index contributed by atoms with van der Waals surface area (Å²) in [6.07, 6.45) is 16.6. The lowest BCUT2D eigenvalue weighted by atomic mass is 9.83. The average Bonchev–Trinajstić information content (AvgIpc) is 3.19. The predicted molar refractivity (Wildman–Crippen MR) is 126 cm³/mol. The number of carbonyl (C=O) groups is 1. The number of nitrogens with zero attached hydrogens (tertiary/aromatic N) is 2. The Kier molecular flexibility index (Phi) is 12.6. The molecule has 1 saturated heterocycles. The molecule has 1 heterocycles. The highest BCUT2D eigenvalue weighted by Gasteiger charge is 2.35. The van der Waals surface area contributed by atoms with Gasteiger partial charge in [-0.1, -0.05) is 56.7 Å². The van der Waals surface area contributed by atoms with Crippen molar-refractivity contribution in [2.45, 2.75) is 70.4 Å². The molecule has 1 aliphatic carbocycles. The second-order valence-electron chi connectivity index (χ2n) is 8.35. The fourth-order valence-corrected chi connectivity index (χ4v) is 4.38. The molecule has 0 radical (unpaired) electrons. The minimum Gasteiger partial charge on any atom is -0.337 e. The highest BCUT2D eigenvalue weighted by Crippen LogP contribution is 2.28. The lowest BCUT2D eigenvalue weighted by molar-refractivity contribution is -0.135. The van der Waals surface area contributed by atoms with Gasteiger partial charge in [0.05, 0.1) is 6.04 Å². The standard InChI is InChI=1S/C22H37N3O.C3H6/c1-4-10-18(5-2)14-16-24(3)17-20-13-9-15-25(20)22(26)21(23)19-11-7-6-8-12-19;1-3-2/h4-5,10,19-21H,1-2,6-9,11-17,23H2,3H3;3H,1H2,2H3/b18-10+;. The van der Waals surface area contributed by atoms with Crippen LogP contribution < -0.4 is 5.73 Å². The molecule has 0 spiro atoms. The highest BCUT2D eigenvalue weighted by molar-refractivity contribution is 5.82. The van der Waals surface area contributed by atoms with Crippen LogP contribution in [-0.4, -0.2) is 54.5 Å². The Morgan fingerprint density at radius 2 is 1.83 bits per heavy atom. The van der Waals surface area contributed by atoms with Gasteiger partial charge in [0.2, 0.25) is 5.91 Å². The van der Waals surface area contributed by atoms with Crippen LogP contribution in [0.4, 0.5) is 0 Å². The Labute approximate surface area is 179 Å². The normalized spacial score (nSPS) is 21.3. The van der Waals surface area contributed by atoms with Crippen LogP contribution in [0.25, 0.3) is 0 Å². The van der Waals surface area contributed by atoms with E-state index in [1.165, 1.54) is 24.8 Å². The number of nitrogens with two attached hydrogens (primary N) is 1. The van der Waals surface area contributed by atoms with Crippen molar-refractivity contribution >= 4 is 5.91 Å². The number of hydrogen-bond donors (Lipinski definition) is 1. The monoisotopic (exact) mass is 401 g/mol. The molecular formula is C25H43N3O. The van der Waals surface area contributed by atoms with E-state index in [1.54, 1.807) is 12.2 Å². The Balaban J connectivity index is 0.00000132. The van der Waals surface area contributed by atoms with Gasteiger partial charge in [-0.2, -0.15) is 0 Å². The first-order valence-electron chi connectivity index (χ1n) is 11.2. The third-order valence-electron chi connectivity index (χ3n) is 6.00. The molecule has 0 aromatic carbocycles. The molecule has 1 amide bonds. The zero-order valence-corrected chi connectivity index (χ0v) is 18.8. The molecule has 2 N–H and O–H groups in total. The van der Waals surface area contributed by atoms with Crippen LogP contribution in [0, 0.1) is 5.92 Å². The first-order valence-corrected chi connectivity index (χ1v) is 11.2. The van der Waals surface area contributed by atoms with E-state index in [4.69, 9.17) is 5.73 Å². The van der Waals surface area contributed by atoms with Gasteiger partial charge in [0.15, 0.2) is 0 Å². The molecule has 2 atom stereocenters. The van der Waals surface area contributed by atoms with Gasteiger partial charge in [-0.05, 0) is 57.6 Å². The van der Waals surface area contributed by atoms with Crippen molar-refractivity contribution in [3.8, 4) is 0 Å². The van der Waals surface area contributed by atoms with Crippen molar-refractivity contribution in [1.82, 2.24) is 9.80 Å². The molecule has 2 fully saturated rings. The number of likely N-dealkylation sites (N-methyl/N-ethyl adjacent to an activating group) is 1. The summed E-state index contributed by atoms with van der Waals surface area (Å²) in [4.78, 5) is 17.4. The quantitative estimate of drug-likeness (QED) is 0.450. The zero-order valence-electron chi connectivity index (χ0n) is 18.8. The van der Waals surface area contributed by atoms with Crippen LogP contribution in [0.5, 0.6) is 0 Å². The van der Waals surface area contributed by atoms with Crippen LogP contribution >= 0.6 is 0 Å². The van der Waals surface area contributed by atoms with Gasteiger partial charge in [0.1, 0.15) is 0 Å². The van der Waals surface area contributed by atoms with Crippen LogP contribution in [-0.2, 0) is 4.79 Å². The van der Waals surface area contributed by atoms with Crippen molar-refractivity contribution in [2.75, 3.05) is 26.7 Å². The SMILES string of the molecule is C=C/C=C(\C=C)CCN(C)CC1CCCN1C(=O)C(N)C1CCCCC1.C=CC. The summed E-state index contributed by atoms with van der Waals surface area (Å²) in [5, 5.41) is 0. The molecular weight excluding hydrogens is 358 g/mol. The zero-order chi connectivity index (χ0) is 21.6. The number of hydrogen-bond acceptors (Lipinski definition) is 3. The number of likely N-dealkylation sites (tertiary alicyclic amines) is 1. The largest absolute Gasteiger partial charge is 0.337 e. The summed E-state index contributed by atoms with van der Waals surface area (Å²) < 4.78 is 0. The summed E-state index contributed by atoms with van der Waals surface area (Å²) >= 11 is 0. The summed E-state index contributed by atoms with van der Waals surface area (Å²) in [7, 11) is 2.14. The minimum absolute atomic E-state index is 0.186. The first kappa shape index (κ1) is 25.4. The Hall–Kier alpha value is -1.65. The van der Waals surface area contributed by atoms with Crippen molar-refractivity contribution in [3.05, 3.63) is 49.6 Å². The van der Waals surface area contributed by atoms with Crippen LogP contribution in [0.3, 0.4) is 0 Å². The lowest BCUT2D eigenvalue weighted by Crippen LogP contribution is -2.51. The van der Waals surface area contributed by atoms with Gasteiger partial charge in [-0.3, -0.25) is 4.79 Å². The van der Waals surface area contributed by atoms with Gasteiger partial charge in [0.25, 0.3) is 0 Å². The molecule has 2 unspecified atom stereocenters. The minimum atomic E-state index is -0.302. The maximum atomic E-state index is 13.0. The van der Waals surface area contributed by atoms with E-state index in [9.17, 15) is 4.79 Å². The topological polar surface area (TPSA) is 49.6 Å². The maximum Gasteiger partial charge on any atom is 0.240 e. The number of carbonyl (C=O) groups excluding carboxylic acids is 1. The molecule has 29 heavy (non-hydrogen) atoms. The molecule has 164 valence electrons. The maximum absolute atomic E-state index is 13.0. The molecule has 4 heteroatoms. The Bertz CT molecular complexity index is 548. The fourth-order valence-electron chi connectivity index (χ4n) is 4.38. The van der Waals surface area contributed by atoms with Gasteiger partial charge in [0, 0.05) is 25.7 Å². The van der Waals surface area contributed by atoms with Crippen LogP contribution in [0.15, 0.2) is 49.6 Å². The summed E-state index contributed by atoms with van der Waals surface area (Å²) in [6, 6.07) is 0.00167. The molecule has 2 aliphatic rings. The Morgan fingerprint density at radius 3 is 2.41 bits per heavy atom. The van der Waals surface area contributed by atoms with Crippen molar-refractivity contribution in [2.24, 2.45) is 11.7 Å². The number of amides is 1. The molecule has 2 rings (SSSR count). The fraction of sp³-hybridized carbons (Fsp3) is 0.640. The van der Waals surface area contributed by atoms with E-state index in [1.807, 2.05) is 19.1 Å². The summed E-state index contributed by atoms with van der Waals surface area (Å²) in [6.45, 7) is 15.6. The number of allylic oxidation sites excluding steroid dienone is 4. The molecule has 4 nitrogen and oxygen atoms in total. The van der Waals surface area contributed by atoms with Gasteiger partial charge < -0.3 is 15.5 Å². The van der Waals surface area contributed by atoms with E-state index in [0.717, 1.165) is 51.7 Å². The third-order valence-corrected chi connectivity index (χ3v) is 6.00. The lowest BCUT2D eigenvalue weighted by Gasteiger charge is -2.34. The molecule has 1 aliphatic heterocycles. The van der Waals surface area contributed by atoms with Crippen LogP contribution in [0.2, 0.25) is 0 Å². The smallest absolute Gasteiger partial charge is 0.240 e. The summed E-state index contributed by atoms with van der Waals surface area (Å²) in [5.74, 6) is 0.570. The van der Waals surface area contributed by atoms with Gasteiger partial charge >= 0.3 is 0 Å². The van der Waals surface area contributed by atoms with Gasteiger partial charge in [-0.15, -0.1) is 6.58 Å². The Morgan fingerprint density at radius 1 is 1.17 bits per heavy atom. The molecule has 1 saturated carbocycles. The van der Waals surface area contributed by atoms with E-state index in [-0.39, 0.29) is 11.9 Å². The van der Waals surface area contributed by atoms with E-state index >= 15 is 0 Å². The van der Waals surface area contributed by atoms with Gasteiger partial charge in [-0.25, -0.2) is 0 Å². The van der Waals surface area contributed by atoms with E-state index < -0.39 is 0 Å². The molecule has 0 aromatic heterocycles.